The summed E-state index contributed by atoms with van der Waals surface area (Å²) in [6, 6.07) is 0. The Balaban J connectivity index is 1.58. The van der Waals surface area contributed by atoms with E-state index < -0.39 is 0 Å². The summed E-state index contributed by atoms with van der Waals surface area (Å²) in [5.74, 6) is 2.53. The minimum Gasteiger partial charge on any atom is -0.469 e. The molecule has 0 radical (unpaired) electrons. The number of hydrogen-bond donors (Lipinski definition) is 0. The van der Waals surface area contributed by atoms with Crippen molar-refractivity contribution in [3.8, 4) is 0 Å². The van der Waals surface area contributed by atoms with Crippen molar-refractivity contribution in [1.82, 2.24) is 0 Å². The van der Waals surface area contributed by atoms with Crippen molar-refractivity contribution in [1.29, 1.82) is 0 Å². The molecule has 0 aromatic rings. The average Bonchev–Trinajstić information content (AvgIpc) is 3.13. The van der Waals surface area contributed by atoms with Gasteiger partial charge in [0.15, 0.2) is 0 Å². The van der Waals surface area contributed by atoms with Crippen LogP contribution in [0.25, 0.3) is 0 Å². The fraction of sp³-hybridized carbons (Fsp3) is 0.897. The minimum atomic E-state index is -0.183. The first-order valence-electron chi connectivity index (χ1n) is 13.9. The summed E-state index contributed by atoms with van der Waals surface area (Å²) >= 11 is 0. The molecule has 0 heterocycles. The van der Waals surface area contributed by atoms with Gasteiger partial charge < -0.3 is 14.2 Å². The van der Waals surface area contributed by atoms with Gasteiger partial charge in [0, 0.05) is 26.2 Å². The molecule has 0 N–H and O–H groups in total. The second-order valence-corrected chi connectivity index (χ2v) is 12.7. The van der Waals surface area contributed by atoms with Gasteiger partial charge in [0.2, 0.25) is 0 Å². The average molecular weight is 491 g/mol. The van der Waals surface area contributed by atoms with Crippen LogP contribution in [0.2, 0.25) is 0 Å². The van der Waals surface area contributed by atoms with E-state index in [0.717, 1.165) is 38.5 Å². The summed E-state index contributed by atoms with van der Waals surface area (Å²) in [4.78, 5) is 35.7. The molecule has 6 heteroatoms. The van der Waals surface area contributed by atoms with E-state index in [0.29, 0.717) is 41.9 Å². The Bertz CT molecular complexity index is 824. The lowest BCUT2D eigenvalue weighted by Crippen LogP contribution is -2.60. The van der Waals surface area contributed by atoms with E-state index >= 15 is 0 Å². The van der Waals surface area contributed by atoms with Crippen molar-refractivity contribution in [2.75, 3.05) is 7.11 Å². The summed E-state index contributed by atoms with van der Waals surface area (Å²) in [5, 5.41) is 0. The van der Waals surface area contributed by atoms with E-state index in [9.17, 15) is 14.4 Å². The molecule has 0 spiro atoms. The molecular formula is C29H46O6. The Morgan fingerprint density at radius 2 is 1.66 bits per heavy atom. The molecule has 4 fully saturated rings. The molecule has 0 unspecified atom stereocenters. The third-order valence-corrected chi connectivity index (χ3v) is 11.0. The predicted molar refractivity (Wildman–Crippen MR) is 132 cm³/mol. The predicted octanol–water partition coefficient (Wildman–Crippen LogP) is 5.71. The van der Waals surface area contributed by atoms with E-state index in [1.54, 1.807) is 6.92 Å². The summed E-state index contributed by atoms with van der Waals surface area (Å²) in [6.45, 7) is 10.2. The zero-order valence-electron chi connectivity index (χ0n) is 22.6. The van der Waals surface area contributed by atoms with Crippen LogP contribution in [0.5, 0.6) is 0 Å². The molecule has 0 aromatic heterocycles. The zero-order valence-corrected chi connectivity index (χ0v) is 22.6. The van der Waals surface area contributed by atoms with Gasteiger partial charge in [0.1, 0.15) is 12.2 Å². The highest BCUT2D eigenvalue weighted by Gasteiger charge is 2.64. The summed E-state index contributed by atoms with van der Waals surface area (Å²) in [7, 11) is 1.46. The number of esters is 3. The first kappa shape index (κ1) is 26.5. The first-order valence-corrected chi connectivity index (χ1v) is 13.9. The fourth-order valence-corrected chi connectivity index (χ4v) is 9.59. The Labute approximate surface area is 211 Å². The standard InChI is InChI=1S/C29H46O6/c1-17(7-12-26(32)33-6)23-10-11-24-22-9-8-20-15-21(34-18(2)30)13-14-28(20,4)27(22)25(35-19(3)31)16-29(23,24)5/h17,20-25,27H,7-16H2,1-6H3/t17-,20+,21+,22-,23-,24+,25+,27-,28-,29+/m0/s1. The maximum Gasteiger partial charge on any atom is 0.305 e. The molecule has 10 atom stereocenters. The van der Waals surface area contributed by atoms with Gasteiger partial charge in [-0.1, -0.05) is 20.8 Å². The topological polar surface area (TPSA) is 78.9 Å². The van der Waals surface area contributed by atoms with Crippen molar-refractivity contribution in [2.45, 2.75) is 111 Å². The summed E-state index contributed by atoms with van der Waals surface area (Å²) in [6.07, 6.45) is 9.80. The lowest BCUT2D eigenvalue weighted by molar-refractivity contribution is -0.201. The maximum atomic E-state index is 12.3. The van der Waals surface area contributed by atoms with Crippen LogP contribution in [0.15, 0.2) is 0 Å². The highest BCUT2D eigenvalue weighted by molar-refractivity contribution is 5.69. The summed E-state index contributed by atoms with van der Waals surface area (Å²) < 4.78 is 16.7. The number of hydrogen-bond acceptors (Lipinski definition) is 6. The van der Waals surface area contributed by atoms with Crippen molar-refractivity contribution in [3.63, 3.8) is 0 Å². The van der Waals surface area contributed by atoms with Crippen molar-refractivity contribution < 1.29 is 28.6 Å². The lowest BCUT2D eigenvalue weighted by Gasteiger charge is -2.63. The van der Waals surface area contributed by atoms with Crippen LogP contribution >= 0.6 is 0 Å². The monoisotopic (exact) mass is 490 g/mol. The SMILES string of the molecule is COC(=O)CC[C@H](C)[C@@H]1CC[C@@H]2[C@@H]3CC[C@@H]4C[C@H](OC(C)=O)CC[C@]4(C)[C@@H]3[C@H](OC(C)=O)C[C@@]21C. The minimum absolute atomic E-state index is 0.0229. The highest BCUT2D eigenvalue weighted by Crippen LogP contribution is 2.69. The molecule has 4 aliphatic rings. The van der Waals surface area contributed by atoms with Gasteiger partial charge in [0.25, 0.3) is 0 Å². The molecule has 0 amide bonds. The second kappa shape index (κ2) is 10.0. The van der Waals surface area contributed by atoms with Crippen LogP contribution in [0.3, 0.4) is 0 Å². The van der Waals surface area contributed by atoms with Crippen LogP contribution in [0.4, 0.5) is 0 Å². The molecule has 0 bridgehead atoms. The van der Waals surface area contributed by atoms with Gasteiger partial charge in [-0.3, -0.25) is 14.4 Å². The molecule has 0 aromatic carbocycles. The van der Waals surface area contributed by atoms with Gasteiger partial charge in [-0.2, -0.15) is 0 Å². The van der Waals surface area contributed by atoms with Crippen LogP contribution < -0.4 is 0 Å². The third kappa shape index (κ3) is 4.87. The van der Waals surface area contributed by atoms with Crippen LogP contribution in [0.1, 0.15) is 98.8 Å². The van der Waals surface area contributed by atoms with Crippen molar-refractivity contribution in [3.05, 3.63) is 0 Å². The highest BCUT2D eigenvalue weighted by atomic mass is 16.5. The number of methoxy groups -OCH3 is 1. The van der Waals surface area contributed by atoms with E-state index in [1.165, 1.54) is 33.3 Å². The van der Waals surface area contributed by atoms with Crippen LogP contribution in [0, 0.1) is 46.3 Å². The zero-order chi connectivity index (χ0) is 25.5. The maximum absolute atomic E-state index is 12.3. The Morgan fingerprint density at radius 1 is 0.943 bits per heavy atom. The van der Waals surface area contributed by atoms with Gasteiger partial charge in [-0.05, 0) is 98.2 Å². The number of rotatable bonds is 6. The molecule has 4 saturated carbocycles. The quantitative estimate of drug-likeness (QED) is 0.351. The van der Waals surface area contributed by atoms with E-state index in [-0.39, 0.29) is 40.9 Å². The summed E-state index contributed by atoms with van der Waals surface area (Å²) in [5.41, 5.74) is 0.227. The molecule has 4 rings (SSSR count). The molecule has 0 saturated heterocycles. The molecule has 0 aliphatic heterocycles. The third-order valence-electron chi connectivity index (χ3n) is 11.0. The molecule has 35 heavy (non-hydrogen) atoms. The first-order chi connectivity index (χ1) is 16.5. The fourth-order valence-electron chi connectivity index (χ4n) is 9.59. The van der Waals surface area contributed by atoms with Gasteiger partial charge in [-0.15, -0.1) is 0 Å². The Hall–Kier alpha value is -1.59. The number of carbonyl (C=O) groups excluding carboxylic acids is 3. The van der Waals surface area contributed by atoms with Crippen LogP contribution in [-0.2, 0) is 28.6 Å². The van der Waals surface area contributed by atoms with Gasteiger partial charge in [-0.25, -0.2) is 0 Å². The molecular weight excluding hydrogens is 444 g/mol. The van der Waals surface area contributed by atoms with E-state index in [4.69, 9.17) is 14.2 Å². The molecule has 6 nitrogen and oxygen atoms in total. The van der Waals surface area contributed by atoms with Crippen molar-refractivity contribution in [2.24, 2.45) is 46.3 Å². The van der Waals surface area contributed by atoms with Gasteiger partial charge >= 0.3 is 17.9 Å². The molecule has 4 aliphatic carbocycles. The van der Waals surface area contributed by atoms with Crippen LogP contribution in [-0.4, -0.2) is 37.2 Å². The normalized spacial score (nSPS) is 43.2. The largest absolute Gasteiger partial charge is 0.469 e. The second-order valence-electron chi connectivity index (χ2n) is 12.7. The Morgan fingerprint density at radius 3 is 2.31 bits per heavy atom. The van der Waals surface area contributed by atoms with E-state index in [1.807, 2.05) is 0 Å². The number of ether oxygens (including phenoxy) is 3. The Kier molecular flexibility index (Phi) is 7.60. The van der Waals surface area contributed by atoms with Gasteiger partial charge in [0.05, 0.1) is 7.11 Å². The number of carbonyl (C=O) groups is 3. The smallest absolute Gasteiger partial charge is 0.305 e. The van der Waals surface area contributed by atoms with Crippen molar-refractivity contribution >= 4 is 17.9 Å². The van der Waals surface area contributed by atoms with E-state index in [2.05, 4.69) is 20.8 Å². The lowest BCUT2D eigenvalue weighted by atomic mass is 9.43. The molecule has 198 valence electrons. The number of fused-ring (bicyclic) bond motifs is 5.